The largest absolute Gasteiger partial charge is 0.528 e. The van der Waals surface area contributed by atoms with Crippen molar-refractivity contribution in [1.82, 2.24) is 20.4 Å². The molecule has 0 saturated carbocycles. The van der Waals surface area contributed by atoms with E-state index in [0.29, 0.717) is 74.2 Å². The summed E-state index contributed by atoms with van der Waals surface area (Å²) < 4.78 is 47.9. The zero-order valence-corrected chi connectivity index (χ0v) is 26.4. The molecule has 0 bridgehead atoms. The lowest BCUT2D eigenvalue weighted by Crippen LogP contribution is -2.56. The number of likely N-dealkylation sites (tertiary alicyclic amines) is 2. The number of rotatable bonds is 7. The number of fused-ring (bicyclic) bond motifs is 1. The first-order chi connectivity index (χ1) is 19.7. The van der Waals surface area contributed by atoms with E-state index in [1.165, 1.54) is 19.2 Å². The van der Waals surface area contributed by atoms with Gasteiger partial charge in [-0.3, -0.25) is 20.0 Å². The molecule has 1 aromatic heterocycles. The van der Waals surface area contributed by atoms with Gasteiger partial charge >= 0.3 is 0 Å². The van der Waals surface area contributed by atoms with Crippen LogP contribution in [-0.4, -0.2) is 73.7 Å². The van der Waals surface area contributed by atoms with Gasteiger partial charge in [-0.2, -0.15) is 0 Å². The predicted octanol–water partition coefficient (Wildman–Crippen LogP) is 5.45. The number of piperidine rings is 2. The van der Waals surface area contributed by atoms with Crippen molar-refractivity contribution in [3.8, 4) is 11.6 Å². The first-order valence-corrected chi connectivity index (χ1v) is 17.5. The van der Waals surface area contributed by atoms with Crippen LogP contribution in [0.15, 0.2) is 34.9 Å². The van der Waals surface area contributed by atoms with Gasteiger partial charge in [-0.05, 0) is 47.6 Å². The molecule has 1 spiro atoms. The van der Waals surface area contributed by atoms with Crippen LogP contribution in [0.5, 0.6) is 11.6 Å². The number of carbonyl (C=O) groups excluding carboxylic acids is 1. The number of amides is 1. The van der Waals surface area contributed by atoms with Crippen molar-refractivity contribution in [1.29, 1.82) is 0 Å². The average molecular weight is 605 g/mol. The standard InChI is InChI=1S/C30H42F2N4O5Si/c1-28(2,3)42(5,6)41-26-18-22(40-34-26)20-35-13-11-30(32,12-14-35)27(37)36-15-9-29(10-16-36)19-24(33-38-4)23-17-21(31)7-8-25(23)39-29/h7-8,17-19,33H,9-16,20H2,1-6H3. The molecule has 4 heterocycles. The van der Waals surface area contributed by atoms with Gasteiger partial charge in [0.15, 0.2) is 11.4 Å². The Kier molecular flexibility index (Phi) is 8.18. The fourth-order valence-electron chi connectivity index (χ4n) is 5.53. The zero-order valence-electron chi connectivity index (χ0n) is 25.4. The van der Waals surface area contributed by atoms with Crippen LogP contribution in [0, 0.1) is 5.82 Å². The Morgan fingerprint density at radius 1 is 1.12 bits per heavy atom. The van der Waals surface area contributed by atoms with Crippen molar-refractivity contribution < 1.29 is 32.1 Å². The molecule has 5 rings (SSSR count). The van der Waals surface area contributed by atoms with Crippen molar-refractivity contribution in [2.45, 2.75) is 82.4 Å². The Balaban J connectivity index is 1.15. The van der Waals surface area contributed by atoms with Crippen LogP contribution in [0.2, 0.25) is 18.1 Å². The number of benzene rings is 1. The third-order valence-corrected chi connectivity index (χ3v) is 13.5. The van der Waals surface area contributed by atoms with Crippen LogP contribution in [0.25, 0.3) is 5.70 Å². The van der Waals surface area contributed by atoms with Crippen LogP contribution in [0.4, 0.5) is 8.78 Å². The molecule has 42 heavy (non-hydrogen) atoms. The molecule has 0 aliphatic carbocycles. The summed E-state index contributed by atoms with van der Waals surface area (Å²) in [7, 11) is -0.544. The van der Waals surface area contributed by atoms with Gasteiger partial charge in [0.05, 0.1) is 19.4 Å². The highest BCUT2D eigenvalue weighted by Crippen LogP contribution is 2.41. The smallest absolute Gasteiger partial charge is 0.260 e. The molecule has 1 aromatic carbocycles. The fraction of sp³-hybridized carbons (Fsp3) is 0.600. The lowest BCUT2D eigenvalue weighted by Gasteiger charge is -2.45. The summed E-state index contributed by atoms with van der Waals surface area (Å²) in [4.78, 5) is 22.2. The van der Waals surface area contributed by atoms with E-state index in [9.17, 15) is 9.18 Å². The van der Waals surface area contributed by atoms with Crippen LogP contribution >= 0.6 is 0 Å². The molecule has 9 nitrogen and oxygen atoms in total. The summed E-state index contributed by atoms with van der Waals surface area (Å²) >= 11 is 0. The first-order valence-electron chi connectivity index (χ1n) is 14.6. The molecule has 0 radical (unpaired) electrons. The van der Waals surface area contributed by atoms with E-state index in [0.717, 1.165) is 0 Å². The van der Waals surface area contributed by atoms with E-state index in [1.54, 1.807) is 11.0 Å². The highest BCUT2D eigenvalue weighted by molar-refractivity contribution is 6.74. The van der Waals surface area contributed by atoms with Gasteiger partial charge in [0.25, 0.3) is 14.2 Å². The second-order valence-corrected chi connectivity index (χ2v) is 17.9. The van der Waals surface area contributed by atoms with Gasteiger partial charge < -0.3 is 18.6 Å². The monoisotopic (exact) mass is 604 g/mol. The van der Waals surface area contributed by atoms with Gasteiger partial charge in [0.1, 0.15) is 17.2 Å². The Morgan fingerprint density at radius 3 is 2.45 bits per heavy atom. The number of ether oxygens (including phenoxy) is 1. The zero-order chi connectivity index (χ0) is 30.3. The molecule has 0 unspecified atom stereocenters. The summed E-state index contributed by atoms with van der Waals surface area (Å²) in [6, 6.07) is 6.16. The minimum Gasteiger partial charge on any atom is -0.528 e. The van der Waals surface area contributed by atoms with Gasteiger partial charge in [-0.25, -0.2) is 8.78 Å². The Labute approximate surface area is 247 Å². The minimum absolute atomic E-state index is 0.0430. The number of halogens is 2. The van der Waals surface area contributed by atoms with Gasteiger partial charge in [0.2, 0.25) is 5.88 Å². The maximum Gasteiger partial charge on any atom is 0.260 e. The van der Waals surface area contributed by atoms with E-state index >= 15 is 4.39 Å². The minimum atomic E-state index is -2.03. The van der Waals surface area contributed by atoms with Crippen molar-refractivity contribution in [3.63, 3.8) is 0 Å². The summed E-state index contributed by atoms with van der Waals surface area (Å²) in [5, 5.41) is 4.14. The molecule has 0 atom stereocenters. The molecule has 2 fully saturated rings. The highest BCUT2D eigenvalue weighted by Gasteiger charge is 2.47. The number of nitrogens with zero attached hydrogens (tertiary/aromatic N) is 3. The molecule has 1 N–H and O–H groups in total. The summed E-state index contributed by atoms with van der Waals surface area (Å²) in [5.74, 6) is 0.856. The third kappa shape index (κ3) is 6.21. The quantitative estimate of drug-likeness (QED) is 0.330. The SMILES string of the molecule is CONC1=CC2(CCN(C(=O)C3(F)CCN(Cc4cc(O[Si](C)(C)C(C)(C)C)no4)CC3)CC2)Oc2ccc(F)cc21. The van der Waals surface area contributed by atoms with E-state index in [4.69, 9.17) is 18.5 Å². The molecule has 2 aromatic rings. The van der Waals surface area contributed by atoms with Crippen molar-refractivity contribution >= 4 is 19.9 Å². The van der Waals surface area contributed by atoms with Crippen molar-refractivity contribution in [2.24, 2.45) is 0 Å². The summed E-state index contributed by atoms with van der Waals surface area (Å²) in [6.45, 7) is 12.9. The van der Waals surface area contributed by atoms with Crippen LogP contribution < -0.4 is 14.6 Å². The maximum atomic E-state index is 16.0. The molecule has 2 saturated heterocycles. The Morgan fingerprint density at radius 2 is 1.81 bits per heavy atom. The highest BCUT2D eigenvalue weighted by atomic mass is 28.4. The maximum absolute atomic E-state index is 16.0. The van der Waals surface area contributed by atoms with E-state index in [-0.39, 0.29) is 23.7 Å². The number of hydroxylamine groups is 1. The molecular weight excluding hydrogens is 562 g/mol. The molecule has 230 valence electrons. The number of carbonyl (C=O) groups is 1. The second kappa shape index (κ2) is 11.3. The summed E-state index contributed by atoms with van der Waals surface area (Å²) in [6.07, 6.45) is 3.09. The average Bonchev–Trinajstić information content (AvgIpc) is 3.36. The molecule has 3 aliphatic rings. The van der Waals surface area contributed by atoms with Gasteiger partial charge in [0, 0.05) is 63.5 Å². The van der Waals surface area contributed by atoms with E-state index in [2.05, 4.69) is 49.4 Å². The number of aromatic nitrogens is 1. The second-order valence-electron chi connectivity index (χ2n) is 13.2. The Hall–Kier alpha value is -2.96. The number of hydrogen-bond acceptors (Lipinski definition) is 8. The molecule has 3 aliphatic heterocycles. The van der Waals surface area contributed by atoms with Crippen LogP contribution in [-0.2, 0) is 16.2 Å². The van der Waals surface area contributed by atoms with Crippen molar-refractivity contribution in [2.75, 3.05) is 33.3 Å². The summed E-state index contributed by atoms with van der Waals surface area (Å²) in [5.41, 5.74) is 1.40. The van der Waals surface area contributed by atoms with E-state index < -0.39 is 25.5 Å². The number of nitrogens with one attached hydrogen (secondary N) is 1. The Bertz CT molecular complexity index is 1330. The predicted molar refractivity (Wildman–Crippen MR) is 156 cm³/mol. The normalized spacial score (nSPS) is 20.5. The number of hydrogen-bond donors (Lipinski definition) is 1. The lowest BCUT2D eigenvalue weighted by molar-refractivity contribution is -0.150. The lowest BCUT2D eigenvalue weighted by atomic mass is 9.85. The third-order valence-electron chi connectivity index (χ3n) is 9.18. The van der Waals surface area contributed by atoms with Crippen LogP contribution in [0.3, 0.4) is 0 Å². The topological polar surface area (TPSA) is 89.3 Å². The van der Waals surface area contributed by atoms with Crippen LogP contribution in [0.1, 0.15) is 57.8 Å². The molecule has 1 amide bonds. The van der Waals surface area contributed by atoms with Gasteiger partial charge in [-0.1, -0.05) is 20.8 Å². The van der Waals surface area contributed by atoms with Crippen molar-refractivity contribution in [3.05, 3.63) is 47.5 Å². The number of alkyl halides is 1. The van der Waals surface area contributed by atoms with E-state index in [1.807, 2.05) is 12.1 Å². The first kappa shape index (κ1) is 30.5. The van der Waals surface area contributed by atoms with Gasteiger partial charge in [-0.15, -0.1) is 0 Å². The molecule has 12 heteroatoms. The fourth-order valence-corrected chi connectivity index (χ4v) is 6.46. The molecular formula is C30H42F2N4O5Si.